The highest BCUT2D eigenvalue weighted by atomic mass is 16.3. The third kappa shape index (κ3) is 7.30. The van der Waals surface area contributed by atoms with Gasteiger partial charge in [0, 0.05) is 13.1 Å². The minimum absolute atomic E-state index is 0.588. The number of nitrogens with one attached hydrogen (secondary N) is 1. The van der Waals surface area contributed by atoms with Crippen LogP contribution in [0.3, 0.4) is 0 Å². The molecule has 3 nitrogen and oxygen atoms in total. The van der Waals surface area contributed by atoms with Crippen LogP contribution in [0, 0.1) is 5.92 Å². The first kappa shape index (κ1) is 13.9. The molecule has 0 aliphatic carbocycles. The summed E-state index contributed by atoms with van der Waals surface area (Å²) >= 11 is 0. The van der Waals surface area contributed by atoms with Gasteiger partial charge in [0.05, 0.1) is 5.60 Å². The summed E-state index contributed by atoms with van der Waals surface area (Å²) in [5.41, 5.74) is -0.588. The quantitative estimate of drug-likeness (QED) is 0.645. The molecule has 0 aromatic rings. The Morgan fingerprint density at radius 3 is 2.36 bits per heavy atom. The van der Waals surface area contributed by atoms with Crippen molar-refractivity contribution in [3.8, 4) is 0 Å². The van der Waals surface area contributed by atoms with Gasteiger partial charge in [-0.05, 0) is 39.9 Å². The lowest BCUT2D eigenvalue weighted by atomic mass is 10.1. The van der Waals surface area contributed by atoms with Gasteiger partial charge in [0.15, 0.2) is 0 Å². The van der Waals surface area contributed by atoms with Crippen molar-refractivity contribution in [1.82, 2.24) is 10.2 Å². The van der Waals surface area contributed by atoms with Gasteiger partial charge in [0.25, 0.3) is 0 Å². The summed E-state index contributed by atoms with van der Waals surface area (Å²) in [6, 6.07) is 0. The summed E-state index contributed by atoms with van der Waals surface area (Å²) in [6.07, 6.45) is 0. The van der Waals surface area contributed by atoms with Gasteiger partial charge >= 0.3 is 0 Å². The first-order chi connectivity index (χ1) is 6.39. The standard InChI is InChI=1S/C11H26N2O/c1-6-13(9-11(3,4)14)8-10(2)7-12-5/h10,12,14H,6-9H2,1-5H3. The average Bonchev–Trinajstić information content (AvgIpc) is 2.01. The van der Waals surface area contributed by atoms with Crippen molar-refractivity contribution in [2.45, 2.75) is 33.3 Å². The van der Waals surface area contributed by atoms with Crippen molar-refractivity contribution in [2.24, 2.45) is 5.92 Å². The van der Waals surface area contributed by atoms with E-state index >= 15 is 0 Å². The Kier molecular flexibility index (Phi) is 6.33. The van der Waals surface area contributed by atoms with Crippen LogP contribution in [0.2, 0.25) is 0 Å². The van der Waals surface area contributed by atoms with E-state index in [1.165, 1.54) is 0 Å². The normalized spacial score (nSPS) is 14.8. The Bertz CT molecular complexity index is 143. The highest BCUT2D eigenvalue weighted by Crippen LogP contribution is 2.07. The summed E-state index contributed by atoms with van der Waals surface area (Å²) in [4.78, 5) is 2.29. The lowest BCUT2D eigenvalue weighted by molar-refractivity contribution is 0.0337. The maximum Gasteiger partial charge on any atom is 0.0718 e. The molecule has 0 spiro atoms. The molecule has 0 aromatic carbocycles. The molecular formula is C11H26N2O. The predicted octanol–water partition coefficient (Wildman–Crippen LogP) is 0.935. The fourth-order valence-electron chi connectivity index (χ4n) is 1.71. The molecule has 86 valence electrons. The van der Waals surface area contributed by atoms with Crippen LogP contribution in [0.25, 0.3) is 0 Å². The van der Waals surface area contributed by atoms with E-state index < -0.39 is 5.60 Å². The molecule has 1 unspecified atom stereocenters. The molecule has 0 radical (unpaired) electrons. The molecule has 0 aliphatic rings. The molecule has 0 saturated carbocycles. The van der Waals surface area contributed by atoms with Gasteiger partial charge in [-0.25, -0.2) is 0 Å². The first-order valence-electron chi connectivity index (χ1n) is 5.48. The highest BCUT2D eigenvalue weighted by molar-refractivity contribution is 4.73. The van der Waals surface area contributed by atoms with Crippen LogP contribution in [-0.2, 0) is 0 Å². The van der Waals surface area contributed by atoms with Gasteiger partial charge in [-0.3, -0.25) is 0 Å². The molecule has 0 saturated heterocycles. The van der Waals surface area contributed by atoms with E-state index in [-0.39, 0.29) is 0 Å². The lowest BCUT2D eigenvalue weighted by Crippen LogP contribution is -2.41. The van der Waals surface area contributed by atoms with Crippen LogP contribution < -0.4 is 5.32 Å². The minimum Gasteiger partial charge on any atom is -0.389 e. The Labute approximate surface area is 88.5 Å². The third-order valence-electron chi connectivity index (χ3n) is 2.18. The number of nitrogens with zero attached hydrogens (tertiary/aromatic N) is 1. The molecule has 1 atom stereocenters. The largest absolute Gasteiger partial charge is 0.389 e. The highest BCUT2D eigenvalue weighted by Gasteiger charge is 2.18. The van der Waals surface area contributed by atoms with E-state index in [2.05, 4.69) is 24.1 Å². The zero-order valence-electron chi connectivity index (χ0n) is 10.3. The van der Waals surface area contributed by atoms with Gasteiger partial charge in [-0.2, -0.15) is 0 Å². The maximum absolute atomic E-state index is 9.70. The first-order valence-corrected chi connectivity index (χ1v) is 5.48. The molecule has 0 aromatic heterocycles. The molecule has 0 aliphatic heterocycles. The van der Waals surface area contributed by atoms with Gasteiger partial charge in [-0.15, -0.1) is 0 Å². The van der Waals surface area contributed by atoms with E-state index in [9.17, 15) is 5.11 Å². The second kappa shape index (κ2) is 6.38. The maximum atomic E-state index is 9.70. The summed E-state index contributed by atoms with van der Waals surface area (Å²) in [5.74, 6) is 0.627. The zero-order chi connectivity index (χ0) is 11.2. The van der Waals surface area contributed by atoms with Crippen LogP contribution in [0.1, 0.15) is 27.7 Å². The Hall–Kier alpha value is -0.120. The van der Waals surface area contributed by atoms with Crippen molar-refractivity contribution >= 4 is 0 Å². The molecular weight excluding hydrogens is 176 g/mol. The molecule has 2 N–H and O–H groups in total. The minimum atomic E-state index is -0.588. The van der Waals surface area contributed by atoms with Crippen molar-refractivity contribution in [1.29, 1.82) is 0 Å². The number of rotatable bonds is 7. The van der Waals surface area contributed by atoms with Crippen LogP contribution in [0.15, 0.2) is 0 Å². The zero-order valence-corrected chi connectivity index (χ0v) is 10.3. The van der Waals surface area contributed by atoms with Crippen LogP contribution >= 0.6 is 0 Å². The second-order valence-corrected chi connectivity index (χ2v) is 4.80. The van der Waals surface area contributed by atoms with Crippen molar-refractivity contribution in [3.63, 3.8) is 0 Å². The molecule has 0 rings (SSSR count). The number of hydrogen-bond acceptors (Lipinski definition) is 3. The molecule has 0 bridgehead atoms. The van der Waals surface area contributed by atoms with Gasteiger partial charge in [-0.1, -0.05) is 13.8 Å². The van der Waals surface area contributed by atoms with Gasteiger partial charge < -0.3 is 15.3 Å². The average molecular weight is 202 g/mol. The van der Waals surface area contributed by atoms with E-state index in [0.717, 1.165) is 26.2 Å². The van der Waals surface area contributed by atoms with Crippen LogP contribution in [0.4, 0.5) is 0 Å². The molecule has 14 heavy (non-hydrogen) atoms. The van der Waals surface area contributed by atoms with Crippen molar-refractivity contribution in [3.05, 3.63) is 0 Å². The fourth-order valence-corrected chi connectivity index (χ4v) is 1.71. The molecule has 0 heterocycles. The Balaban J connectivity index is 3.90. The second-order valence-electron chi connectivity index (χ2n) is 4.80. The monoisotopic (exact) mass is 202 g/mol. The van der Waals surface area contributed by atoms with E-state index in [4.69, 9.17) is 0 Å². The smallest absolute Gasteiger partial charge is 0.0718 e. The van der Waals surface area contributed by atoms with Crippen molar-refractivity contribution < 1.29 is 5.11 Å². The predicted molar refractivity (Wildman–Crippen MR) is 61.5 cm³/mol. The molecule has 0 fully saturated rings. The Morgan fingerprint density at radius 1 is 1.43 bits per heavy atom. The van der Waals surface area contributed by atoms with E-state index in [0.29, 0.717) is 5.92 Å². The van der Waals surface area contributed by atoms with Crippen molar-refractivity contribution in [2.75, 3.05) is 33.2 Å². The van der Waals surface area contributed by atoms with Crippen LogP contribution in [-0.4, -0.2) is 48.8 Å². The fraction of sp³-hybridized carbons (Fsp3) is 1.00. The number of hydrogen-bond donors (Lipinski definition) is 2. The molecule has 3 heteroatoms. The summed E-state index contributed by atoms with van der Waals surface area (Å²) in [6.45, 7) is 11.9. The summed E-state index contributed by atoms with van der Waals surface area (Å²) < 4.78 is 0. The topological polar surface area (TPSA) is 35.5 Å². The third-order valence-corrected chi connectivity index (χ3v) is 2.18. The molecule has 0 amide bonds. The van der Waals surface area contributed by atoms with Crippen LogP contribution in [0.5, 0.6) is 0 Å². The summed E-state index contributed by atoms with van der Waals surface area (Å²) in [5, 5.41) is 12.9. The summed E-state index contributed by atoms with van der Waals surface area (Å²) in [7, 11) is 1.97. The number of likely N-dealkylation sites (N-methyl/N-ethyl adjacent to an activating group) is 1. The van der Waals surface area contributed by atoms with E-state index in [1.54, 1.807) is 0 Å². The number of aliphatic hydroxyl groups is 1. The van der Waals surface area contributed by atoms with Gasteiger partial charge in [0.2, 0.25) is 0 Å². The lowest BCUT2D eigenvalue weighted by Gasteiger charge is -2.30. The van der Waals surface area contributed by atoms with Gasteiger partial charge in [0.1, 0.15) is 0 Å². The SMILES string of the molecule is CCN(CC(C)CNC)CC(C)(C)O. The van der Waals surface area contributed by atoms with E-state index in [1.807, 2.05) is 20.9 Å². The Morgan fingerprint density at radius 2 is 2.00 bits per heavy atom.